The third kappa shape index (κ3) is 6.82. The Morgan fingerprint density at radius 2 is 1.55 bits per heavy atom. The SMILES string of the molecule is Cc1ccccc1N(CC(=O)N(Cc1ccccc1)C(C)C(=O)NC(C)C)S(C)(=O)=O. The second-order valence-electron chi connectivity index (χ2n) is 7.90. The van der Waals surface area contributed by atoms with Crippen LogP contribution in [0.5, 0.6) is 0 Å². The van der Waals surface area contributed by atoms with Gasteiger partial charge in [0.15, 0.2) is 0 Å². The zero-order valence-corrected chi connectivity index (χ0v) is 19.5. The molecule has 0 saturated carbocycles. The quantitative estimate of drug-likeness (QED) is 0.643. The first-order chi connectivity index (χ1) is 14.5. The first-order valence-electron chi connectivity index (χ1n) is 10.2. The van der Waals surface area contributed by atoms with E-state index >= 15 is 0 Å². The maximum atomic E-state index is 13.4. The molecule has 0 spiro atoms. The molecule has 0 aliphatic rings. The topological polar surface area (TPSA) is 86.8 Å². The Labute approximate surface area is 185 Å². The van der Waals surface area contributed by atoms with Crippen LogP contribution in [0.2, 0.25) is 0 Å². The number of sulfonamides is 1. The molecule has 0 heterocycles. The van der Waals surface area contributed by atoms with Gasteiger partial charge >= 0.3 is 0 Å². The van der Waals surface area contributed by atoms with Crippen LogP contribution < -0.4 is 9.62 Å². The van der Waals surface area contributed by atoms with Crippen molar-refractivity contribution in [1.82, 2.24) is 10.2 Å². The summed E-state index contributed by atoms with van der Waals surface area (Å²) in [5, 5.41) is 2.82. The van der Waals surface area contributed by atoms with Gasteiger partial charge in [-0.3, -0.25) is 13.9 Å². The molecule has 1 unspecified atom stereocenters. The van der Waals surface area contributed by atoms with E-state index in [1.807, 2.05) is 44.2 Å². The molecule has 1 atom stereocenters. The monoisotopic (exact) mass is 445 g/mol. The van der Waals surface area contributed by atoms with Crippen LogP contribution in [0.25, 0.3) is 0 Å². The molecule has 8 heteroatoms. The van der Waals surface area contributed by atoms with Gasteiger partial charge in [0.2, 0.25) is 21.8 Å². The molecule has 31 heavy (non-hydrogen) atoms. The smallest absolute Gasteiger partial charge is 0.244 e. The molecule has 0 radical (unpaired) electrons. The molecule has 0 saturated heterocycles. The Kier molecular flexibility index (Phi) is 8.21. The van der Waals surface area contributed by atoms with E-state index in [4.69, 9.17) is 0 Å². The number of anilines is 1. The van der Waals surface area contributed by atoms with Gasteiger partial charge in [0.05, 0.1) is 11.9 Å². The molecule has 0 fully saturated rings. The van der Waals surface area contributed by atoms with Crippen LogP contribution in [0.4, 0.5) is 5.69 Å². The lowest BCUT2D eigenvalue weighted by molar-refractivity contribution is -0.139. The molecule has 0 aliphatic heterocycles. The van der Waals surface area contributed by atoms with E-state index in [0.29, 0.717) is 5.69 Å². The van der Waals surface area contributed by atoms with Gasteiger partial charge in [-0.1, -0.05) is 48.5 Å². The van der Waals surface area contributed by atoms with Crippen LogP contribution in [-0.4, -0.2) is 50.0 Å². The van der Waals surface area contributed by atoms with E-state index in [1.165, 1.54) is 4.90 Å². The zero-order valence-electron chi connectivity index (χ0n) is 18.7. The lowest BCUT2D eigenvalue weighted by atomic mass is 10.1. The lowest BCUT2D eigenvalue weighted by Crippen LogP contribution is -2.52. The minimum atomic E-state index is -3.72. The molecule has 2 aromatic rings. The van der Waals surface area contributed by atoms with Crippen molar-refractivity contribution in [3.05, 3.63) is 65.7 Å². The van der Waals surface area contributed by atoms with Crippen molar-refractivity contribution < 1.29 is 18.0 Å². The normalized spacial score (nSPS) is 12.3. The molecule has 0 bridgehead atoms. The summed E-state index contributed by atoms with van der Waals surface area (Å²) in [5.74, 6) is -0.745. The fraction of sp³-hybridized carbons (Fsp3) is 0.391. The number of carbonyl (C=O) groups is 2. The van der Waals surface area contributed by atoms with E-state index in [1.54, 1.807) is 38.1 Å². The number of hydrogen-bond donors (Lipinski definition) is 1. The Morgan fingerprint density at radius 1 is 0.968 bits per heavy atom. The van der Waals surface area contributed by atoms with E-state index in [0.717, 1.165) is 21.7 Å². The van der Waals surface area contributed by atoms with Gasteiger partial charge in [-0.2, -0.15) is 0 Å². The number of nitrogens with zero attached hydrogens (tertiary/aromatic N) is 2. The van der Waals surface area contributed by atoms with Gasteiger partial charge < -0.3 is 10.2 Å². The van der Waals surface area contributed by atoms with E-state index in [9.17, 15) is 18.0 Å². The van der Waals surface area contributed by atoms with E-state index in [2.05, 4.69) is 5.32 Å². The fourth-order valence-corrected chi connectivity index (χ4v) is 4.11. The summed E-state index contributed by atoms with van der Waals surface area (Å²) in [6, 6.07) is 15.4. The summed E-state index contributed by atoms with van der Waals surface area (Å²) in [4.78, 5) is 27.4. The van der Waals surface area contributed by atoms with Gasteiger partial charge in [0.25, 0.3) is 0 Å². The molecule has 168 valence electrons. The first-order valence-corrected chi connectivity index (χ1v) is 12.0. The molecule has 1 N–H and O–H groups in total. The van der Waals surface area contributed by atoms with Gasteiger partial charge in [-0.05, 0) is 44.9 Å². The molecular formula is C23H31N3O4S. The number of aryl methyl sites for hydroxylation is 1. The Bertz CT molecular complexity index is 1010. The highest BCUT2D eigenvalue weighted by atomic mass is 32.2. The standard InChI is InChI=1S/C23H31N3O4S/c1-17(2)24-23(28)19(4)25(15-20-12-7-6-8-13-20)22(27)16-26(31(5,29)30)21-14-10-9-11-18(21)3/h6-14,17,19H,15-16H2,1-5H3,(H,24,28). The average Bonchev–Trinajstić information content (AvgIpc) is 2.69. The van der Waals surface area contributed by atoms with Crippen molar-refractivity contribution in [2.75, 3.05) is 17.1 Å². The number of amides is 2. The van der Waals surface area contributed by atoms with E-state index < -0.39 is 28.5 Å². The molecule has 7 nitrogen and oxygen atoms in total. The molecular weight excluding hydrogens is 414 g/mol. The Morgan fingerprint density at radius 3 is 2.10 bits per heavy atom. The number of benzene rings is 2. The highest BCUT2D eigenvalue weighted by Crippen LogP contribution is 2.22. The van der Waals surface area contributed by atoms with Crippen molar-refractivity contribution in [3.63, 3.8) is 0 Å². The number of para-hydroxylation sites is 1. The molecule has 2 aromatic carbocycles. The zero-order chi connectivity index (χ0) is 23.2. The summed E-state index contributed by atoms with van der Waals surface area (Å²) in [7, 11) is -3.72. The summed E-state index contributed by atoms with van der Waals surface area (Å²) < 4.78 is 26.1. The van der Waals surface area contributed by atoms with Crippen molar-refractivity contribution in [3.8, 4) is 0 Å². The van der Waals surface area contributed by atoms with Crippen LogP contribution in [0.1, 0.15) is 31.9 Å². The molecule has 2 amide bonds. The van der Waals surface area contributed by atoms with Gasteiger partial charge in [0.1, 0.15) is 12.6 Å². The predicted molar refractivity (Wildman–Crippen MR) is 123 cm³/mol. The molecule has 0 aromatic heterocycles. The van der Waals surface area contributed by atoms with Crippen molar-refractivity contribution in [1.29, 1.82) is 0 Å². The Hall–Kier alpha value is -2.87. The minimum Gasteiger partial charge on any atom is -0.352 e. The largest absolute Gasteiger partial charge is 0.352 e. The van der Waals surface area contributed by atoms with E-state index in [-0.39, 0.29) is 18.5 Å². The second-order valence-corrected chi connectivity index (χ2v) is 9.81. The van der Waals surface area contributed by atoms with Crippen LogP contribution in [0.3, 0.4) is 0 Å². The van der Waals surface area contributed by atoms with Crippen LogP contribution in [0.15, 0.2) is 54.6 Å². The van der Waals surface area contributed by atoms with Gasteiger partial charge in [-0.25, -0.2) is 8.42 Å². The predicted octanol–water partition coefficient (Wildman–Crippen LogP) is 2.70. The molecule has 2 rings (SSSR count). The lowest BCUT2D eigenvalue weighted by Gasteiger charge is -2.32. The van der Waals surface area contributed by atoms with Crippen LogP contribution in [0, 0.1) is 6.92 Å². The second kappa shape index (κ2) is 10.4. The maximum Gasteiger partial charge on any atom is 0.244 e. The van der Waals surface area contributed by atoms with Gasteiger partial charge in [0, 0.05) is 12.6 Å². The number of hydrogen-bond acceptors (Lipinski definition) is 4. The first kappa shape index (κ1) is 24.4. The van der Waals surface area contributed by atoms with Crippen LogP contribution >= 0.6 is 0 Å². The average molecular weight is 446 g/mol. The summed E-state index contributed by atoms with van der Waals surface area (Å²) >= 11 is 0. The highest BCUT2D eigenvalue weighted by Gasteiger charge is 2.30. The van der Waals surface area contributed by atoms with Crippen LogP contribution in [-0.2, 0) is 26.2 Å². The minimum absolute atomic E-state index is 0.0805. The molecule has 0 aliphatic carbocycles. The summed E-state index contributed by atoms with van der Waals surface area (Å²) in [5.41, 5.74) is 2.03. The summed E-state index contributed by atoms with van der Waals surface area (Å²) in [6.07, 6.45) is 1.07. The van der Waals surface area contributed by atoms with Crippen molar-refractivity contribution in [2.24, 2.45) is 0 Å². The van der Waals surface area contributed by atoms with Gasteiger partial charge in [-0.15, -0.1) is 0 Å². The maximum absolute atomic E-state index is 13.4. The number of rotatable bonds is 9. The van der Waals surface area contributed by atoms with Crippen molar-refractivity contribution >= 4 is 27.5 Å². The number of carbonyl (C=O) groups excluding carboxylic acids is 2. The fourth-order valence-electron chi connectivity index (χ4n) is 3.21. The Balaban J connectivity index is 2.38. The number of nitrogens with one attached hydrogen (secondary N) is 1. The third-order valence-corrected chi connectivity index (χ3v) is 5.98. The summed E-state index contributed by atoms with van der Waals surface area (Å²) in [6.45, 7) is 6.93. The third-order valence-electron chi connectivity index (χ3n) is 4.86. The van der Waals surface area contributed by atoms with Crippen molar-refractivity contribution in [2.45, 2.75) is 46.3 Å². The highest BCUT2D eigenvalue weighted by molar-refractivity contribution is 7.92.